The molecule has 1 spiro atoms. The van der Waals surface area contributed by atoms with Crippen LogP contribution < -0.4 is 5.32 Å². The molecule has 0 radical (unpaired) electrons. The maximum Gasteiger partial charge on any atom is 0.0661 e. The quantitative estimate of drug-likeness (QED) is 0.766. The highest BCUT2D eigenvalue weighted by Gasteiger charge is 2.56. The van der Waals surface area contributed by atoms with Crippen LogP contribution in [0.3, 0.4) is 0 Å². The third-order valence-electron chi connectivity index (χ3n) is 4.98. The van der Waals surface area contributed by atoms with Gasteiger partial charge in [-0.05, 0) is 38.9 Å². The minimum atomic E-state index is 0.488. The van der Waals surface area contributed by atoms with Gasteiger partial charge in [-0.15, -0.1) is 0 Å². The van der Waals surface area contributed by atoms with Gasteiger partial charge < -0.3 is 10.1 Å². The van der Waals surface area contributed by atoms with Crippen molar-refractivity contribution in [3.8, 4) is 0 Å². The van der Waals surface area contributed by atoms with Gasteiger partial charge in [0, 0.05) is 29.9 Å². The molecule has 18 heavy (non-hydrogen) atoms. The van der Waals surface area contributed by atoms with Gasteiger partial charge >= 0.3 is 0 Å². The fourth-order valence-electron chi connectivity index (χ4n) is 3.89. The van der Waals surface area contributed by atoms with Crippen LogP contribution in [-0.2, 0) is 4.74 Å². The standard InChI is InChI=1S/C15H29NOS/c1-4-12(11-18-3)16-13-10-14(17-5-2)15(13)8-6-7-9-15/h12-14,16H,4-11H2,1-3H3. The molecule has 3 atom stereocenters. The summed E-state index contributed by atoms with van der Waals surface area (Å²) >= 11 is 1.96. The normalized spacial score (nSPS) is 31.5. The molecular formula is C15H29NOS. The first kappa shape index (κ1) is 14.7. The van der Waals surface area contributed by atoms with Crippen LogP contribution in [0.2, 0.25) is 0 Å². The molecule has 0 amide bonds. The number of thioether (sulfide) groups is 1. The zero-order chi connectivity index (χ0) is 13.0. The lowest BCUT2D eigenvalue weighted by Gasteiger charge is -2.55. The molecule has 2 nitrogen and oxygen atoms in total. The molecule has 0 heterocycles. The van der Waals surface area contributed by atoms with E-state index in [1.165, 1.54) is 44.3 Å². The van der Waals surface area contributed by atoms with E-state index in [1.807, 2.05) is 11.8 Å². The van der Waals surface area contributed by atoms with Crippen LogP contribution in [-0.4, -0.2) is 36.8 Å². The second-order valence-corrected chi connectivity index (χ2v) is 6.81. The predicted molar refractivity (Wildman–Crippen MR) is 80.3 cm³/mol. The van der Waals surface area contributed by atoms with Crippen LogP contribution in [0.5, 0.6) is 0 Å². The maximum atomic E-state index is 5.98. The van der Waals surface area contributed by atoms with Crippen LogP contribution in [0.1, 0.15) is 52.4 Å². The lowest BCUT2D eigenvalue weighted by Crippen LogP contribution is -2.64. The van der Waals surface area contributed by atoms with Crippen LogP contribution >= 0.6 is 11.8 Å². The Morgan fingerprint density at radius 1 is 1.33 bits per heavy atom. The summed E-state index contributed by atoms with van der Waals surface area (Å²) in [6, 6.07) is 1.40. The van der Waals surface area contributed by atoms with E-state index in [0.29, 0.717) is 23.6 Å². The van der Waals surface area contributed by atoms with Crippen molar-refractivity contribution in [2.45, 2.75) is 70.6 Å². The SMILES string of the molecule is CCOC1CC(NC(CC)CSC)C12CCCC2. The zero-order valence-corrected chi connectivity index (χ0v) is 13.0. The van der Waals surface area contributed by atoms with Gasteiger partial charge in [-0.3, -0.25) is 0 Å². The Balaban J connectivity index is 1.93. The molecule has 2 aliphatic carbocycles. The van der Waals surface area contributed by atoms with Gasteiger partial charge in [0.2, 0.25) is 0 Å². The van der Waals surface area contributed by atoms with E-state index in [1.54, 1.807) is 0 Å². The average Bonchev–Trinajstić information content (AvgIpc) is 2.88. The van der Waals surface area contributed by atoms with E-state index >= 15 is 0 Å². The summed E-state index contributed by atoms with van der Waals surface area (Å²) in [5.41, 5.74) is 0.488. The third kappa shape index (κ3) is 2.73. The molecule has 0 bridgehead atoms. The van der Waals surface area contributed by atoms with Crippen molar-refractivity contribution in [2.24, 2.45) is 5.41 Å². The largest absolute Gasteiger partial charge is 0.378 e. The van der Waals surface area contributed by atoms with Crippen LogP contribution in [0, 0.1) is 5.41 Å². The third-order valence-corrected chi connectivity index (χ3v) is 5.72. The Morgan fingerprint density at radius 3 is 2.61 bits per heavy atom. The molecule has 0 aromatic heterocycles. The fourth-order valence-corrected chi connectivity index (χ4v) is 4.62. The molecule has 0 aromatic rings. The van der Waals surface area contributed by atoms with Gasteiger partial charge in [0.25, 0.3) is 0 Å². The van der Waals surface area contributed by atoms with E-state index in [4.69, 9.17) is 4.74 Å². The molecule has 106 valence electrons. The first-order chi connectivity index (χ1) is 8.76. The van der Waals surface area contributed by atoms with Gasteiger partial charge in [-0.2, -0.15) is 11.8 Å². The maximum absolute atomic E-state index is 5.98. The van der Waals surface area contributed by atoms with Crippen molar-refractivity contribution >= 4 is 11.8 Å². The van der Waals surface area contributed by atoms with Crippen molar-refractivity contribution in [1.29, 1.82) is 0 Å². The first-order valence-corrected chi connectivity index (χ1v) is 9.02. The molecule has 2 saturated carbocycles. The van der Waals surface area contributed by atoms with Gasteiger partial charge in [-0.1, -0.05) is 19.8 Å². The first-order valence-electron chi connectivity index (χ1n) is 7.63. The van der Waals surface area contributed by atoms with Crippen molar-refractivity contribution in [2.75, 3.05) is 18.6 Å². The molecule has 2 rings (SSSR count). The Labute approximate surface area is 117 Å². The Hall–Kier alpha value is 0.270. The predicted octanol–water partition coefficient (Wildman–Crippen LogP) is 3.46. The van der Waals surface area contributed by atoms with E-state index < -0.39 is 0 Å². The number of rotatable bonds is 7. The van der Waals surface area contributed by atoms with Crippen LogP contribution in [0.15, 0.2) is 0 Å². The lowest BCUT2D eigenvalue weighted by molar-refractivity contribution is -0.132. The topological polar surface area (TPSA) is 21.3 Å². The summed E-state index contributed by atoms with van der Waals surface area (Å²) < 4.78 is 5.98. The van der Waals surface area contributed by atoms with E-state index in [9.17, 15) is 0 Å². The van der Waals surface area contributed by atoms with Gasteiger partial charge in [0.05, 0.1) is 6.10 Å². The number of hydrogen-bond donors (Lipinski definition) is 1. The smallest absolute Gasteiger partial charge is 0.0661 e. The minimum Gasteiger partial charge on any atom is -0.378 e. The number of hydrogen-bond acceptors (Lipinski definition) is 3. The summed E-state index contributed by atoms with van der Waals surface area (Å²) in [5.74, 6) is 1.24. The second-order valence-electron chi connectivity index (χ2n) is 5.90. The van der Waals surface area contributed by atoms with E-state index in [0.717, 1.165) is 6.61 Å². The highest BCUT2D eigenvalue weighted by Crippen LogP contribution is 2.54. The molecule has 2 fully saturated rings. The highest BCUT2D eigenvalue weighted by atomic mass is 32.2. The zero-order valence-electron chi connectivity index (χ0n) is 12.2. The summed E-state index contributed by atoms with van der Waals surface area (Å²) in [6.45, 7) is 5.31. The molecule has 3 heteroatoms. The summed E-state index contributed by atoms with van der Waals surface area (Å²) in [7, 11) is 0. The van der Waals surface area contributed by atoms with E-state index in [-0.39, 0.29) is 0 Å². The summed E-state index contributed by atoms with van der Waals surface area (Å²) in [6.07, 6.45) is 10.8. The summed E-state index contributed by atoms with van der Waals surface area (Å²) in [5, 5.41) is 3.92. The lowest BCUT2D eigenvalue weighted by atomic mass is 9.60. The molecule has 0 aromatic carbocycles. The van der Waals surface area contributed by atoms with Gasteiger partial charge in [-0.25, -0.2) is 0 Å². The number of ether oxygens (including phenoxy) is 1. The van der Waals surface area contributed by atoms with E-state index in [2.05, 4.69) is 25.4 Å². The minimum absolute atomic E-state index is 0.488. The fraction of sp³-hybridized carbons (Fsp3) is 1.00. The van der Waals surface area contributed by atoms with Crippen molar-refractivity contribution in [3.63, 3.8) is 0 Å². The Bertz CT molecular complexity index is 253. The van der Waals surface area contributed by atoms with Gasteiger partial charge in [0.15, 0.2) is 0 Å². The molecule has 2 aliphatic rings. The molecule has 3 unspecified atom stereocenters. The second kappa shape index (κ2) is 6.62. The molecule has 0 saturated heterocycles. The highest BCUT2D eigenvalue weighted by molar-refractivity contribution is 7.98. The monoisotopic (exact) mass is 271 g/mol. The average molecular weight is 271 g/mol. The molecular weight excluding hydrogens is 242 g/mol. The van der Waals surface area contributed by atoms with Crippen LogP contribution in [0.25, 0.3) is 0 Å². The van der Waals surface area contributed by atoms with Crippen LogP contribution in [0.4, 0.5) is 0 Å². The number of nitrogens with one attached hydrogen (secondary N) is 1. The van der Waals surface area contributed by atoms with Crippen molar-refractivity contribution in [1.82, 2.24) is 5.32 Å². The molecule has 0 aliphatic heterocycles. The Kier molecular flexibility index (Phi) is 5.40. The Morgan fingerprint density at radius 2 is 2.06 bits per heavy atom. The van der Waals surface area contributed by atoms with Crippen molar-refractivity contribution in [3.05, 3.63) is 0 Å². The van der Waals surface area contributed by atoms with Crippen molar-refractivity contribution < 1.29 is 4.74 Å². The molecule has 1 N–H and O–H groups in total. The van der Waals surface area contributed by atoms with Gasteiger partial charge in [0.1, 0.15) is 0 Å². The summed E-state index contributed by atoms with van der Waals surface area (Å²) in [4.78, 5) is 0.